The number of aliphatic carboxylic acids is 1. The average molecular weight is 298 g/mol. The molecule has 1 rings (SSSR count). The minimum atomic E-state index is -1.62. The van der Waals surface area contributed by atoms with Crippen LogP contribution in [-0.2, 0) is 15.1 Å². The van der Waals surface area contributed by atoms with Crippen LogP contribution in [-0.4, -0.2) is 36.4 Å². The van der Waals surface area contributed by atoms with Gasteiger partial charge in [-0.3, -0.25) is 0 Å². The molecule has 21 heavy (non-hydrogen) atoms. The predicted octanol–water partition coefficient (Wildman–Crippen LogP) is 1.69. The Labute approximate surface area is 123 Å². The van der Waals surface area contributed by atoms with E-state index in [1.54, 1.807) is 13.2 Å². The molecule has 3 N–H and O–H groups in total. The van der Waals surface area contributed by atoms with E-state index in [0.717, 1.165) is 0 Å². The molecule has 1 atom stereocenters. The Morgan fingerprint density at radius 3 is 2.52 bits per heavy atom. The molecule has 0 bridgehead atoms. The summed E-state index contributed by atoms with van der Waals surface area (Å²) in [6, 6.07) is 2.49. The van der Waals surface area contributed by atoms with Gasteiger partial charge in [-0.2, -0.15) is 0 Å². The SMILES string of the molecule is COC(C)(C)CCNC(=O)NC(C)(C(=O)O)c1ccco1. The third kappa shape index (κ3) is 4.49. The summed E-state index contributed by atoms with van der Waals surface area (Å²) in [7, 11) is 1.60. The Kier molecular flexibility index (Phi) is 5.37. The normalized spacial score (nSPS) is 14.3. The number of carbonyl (C=O) groups excluding carboxylic acids is 1. The number of urea groups is 1. The third-order valence-electron chi connectivity index (χ3n) is 3.37. The number of hydrogen-bond donors (Lipinski definition) is 3. The molecule has 0 radical (unpaired) electrons. The molecule has 0 aromatic carbocycles. The van der Waals surface area contributed by atoms with Crippen molar-refractivity contribution >= 4 is 12.0 Å². The van der Waals surface area contributed by atoms with Crippen LogP contribution in [0.15, 0.2) is 22.8 Å². The number of carbonyl (C=O) groups is 2. The first-order chi connectivity index (χ1) is 9.71. The van der Waals surface area contributed by atoms with E-state index >= 15 is 0 Å². The lowest BCUT2D eigenvalue weighted by atomic mass is 9.99. The fourth-order valence-corrected chi connectivity index (χ4v) is 1.63. The summed E-state index contributed by atoms with van der Waals surface area (Å²) in [5.74, 6) is -1.05. The Hall–Kier alpha value is -2.02. The van der Waals surface area contributed by atoms with Gasteiger partial charge < -0.3 is 24.9 Å². The van der Waals surface area contributed by atoms with Crippen molar-refractivity contribution < 1.29 is 23.8 Å². The molecule has 1 unspecified atom stereocenters. The molecule has 0 aliphatic heterocycles. The smallest absolute Gasteiger partial charge is 0.337 e. The second kappa shape index (κ2) is 6.62. The lowest BCUT2D eigenvalue weighted by Gasteiger charge is -2.25. The fraction of sp³-hybridized carbons (Fsp3) is 0.571. The van der Waals surface area contributed by atoms with E-state index in [4.69, 9.17) is 9.15 Å². The lowest BCUT2D eigenvalue weighted by molar-refractivity contribution is -0.144. The van der Waals surface area contributed by atoms with E-state index in [1.807, 2.05) is 13.8 Å². The van der Waals surface area contributed by atoms with Crippen molar-refractivity contribution in [3.05, 3.63) is 24.2 Å². The summed E-state index contributed by atoms with van der Waals surface area (Å²) in [4.78, 5) is 23.3. The molecular formula is C14H22N2O5. The molecule has 0 fully saturated rings. The zero-order valence-electron chi connectivity index (χ0n) is 12.7. The van der Waals surface area contributed by atoms with Crippen LogP contribution in [0.3, 0.4) is 0 Å². The predicted molar refractivity (Wildman–Crippen MR) is 75.9 cm³/mol. The van der Waals surface area contributed by atoms with Gasteiger partial charge in [-0.05, 0) is 39.3 Å². The van der Waals surface area contributed by atoms with Crippen molar-refractivity contribution in [1.29, 1.82) is 0 Å². The maximum absolute atomic E-state index is 11.9. The van der Waals surface area contributed by atoms with Crippen molar-refractivity contribution in [3.63, 3.8) is 0 Å². The van der Waals surface area contributed by atoms with E-state index in [-0.39, 0.29) is 11.4 Å². The molecule has 7 nitrogen and oxygen atoms in total. The van der Waals surface area contributed by atoms with Crippen LogP contribution in [0, 0.1) is 0 Å². The monoisotopic (exact) mass is 298 g/mol. The number of carboxylic acid groups (broad SMARTS) is 1. The van der Waals surface area contributed by atoms with Gasteiger partial charge in [0.25, 0.3) is 0 Å². The van der Waals surface area contributed by atoms with Crippen molar-refractivity contribution in [1.82, 2.24) is 10.6 Å². The quantitative estimate of drug-likeness (QED) is 0.711. The third-order valence-corrected chi connectivity index (χ3v) is 3.37. The van der Waals surface area contributed by atoms with Gasteiger partial charge in [0.05, 0.1) is 11.9 Å². The van der Waals surface area contributed by atoms with Gasteiger partial charge >= 0.3 is 12.0 Å². The molecule has 0 saturated heterocycles. The molecule has 0 spiro atoms. The van der Waals surface area contributed by atoms with E-state index in [1.165, 1.54) is 19.3 Å². The number of methoxy groups -OCH3 is 1. The van der Waals surface area contributed by atoms with Crippen molar-refractivity contribution in [3.8, 4) is 0 Å². The largest absolute Gasteiger partial charge is 0.479 e. The zero-order chi connectivity index (χ0) is 16.1. The molecule has 1 heterocycles. The number of amides is 2. The van der Waals surface area contributed by atoms with Crippen molar-refractivity contribution in [2.75, 3.05) is 13.7 Å². The van der Waals surface area contributed by atoms with E-state index in [9.17, 15) is 14.7 Å². The molecule has 1 aromatic heterocycles. The highest BCUT2D eigenvalue weighted by atomic mass is 16.5. The van der Waals surface area contributed by atoms with Gasteiger partial charge in [-0.25, -0.2) is 9.59 Å². The number of carboxylic acids is 1. The second-order valence-corrected chi connectivity index (χ2v) is 5.50. The van der Waals surface area contributed by atoms with Gasteiger partial charge in [0.1, 0.15) is 5.76 Å². The maximum Gasteiger partial charge on any atom is 0.337 e. The topological polar surface area (TPSA) is 101 Å². The Bertz CT molecular complexity index is 484. The van der Waals surface area contributed by atoms with Crippen LogP contribution in [0.1, 0.15) is 33.0 Å². The zero-order valence-corrected chi connectivity index (χ0v) is 12.7. The first-order valence-corrected chi connectivity index (χ1v) is 6.60. The molecule has 1 aromatic rings. The van der Waals surface area contributed by atoms with Crippen LogP contribution < -0.4 is 10.6 Å². The molecule has 2 amide bonds. The van der Waals surface area contributed by atoms with Gasteiger partial charge in [0.2, 0.25) is 0 Å². The van der Waals surface area contributed by atoms with Crippen LogP contribution in [0.25, 0.3) is 0 Å². The lowest BCUT2D eigenvalue weighted by Crippen LogP contribution is -2.53. The highest BCUT2D eigenvalue weighted by Crippen LogP contribution is 2.21. The second-order valence-electron chi connectivity index (χ2n) is 5.50. The number of rotatable bonds is 7. The highest BCUT2D eigenvalue weighted by molar-refractivity contribution is 5.86. The first-order valence-electron chi connectivity index (χ1n) is 6.60. The standard InChI is InChI=1S/C14H22N2O5/c1-13(2,20-4)7-8-15-12(19)16-14(3,11(17)18)10-6-5-9-21-10/h5-6,9H,7-8H2,1-4H3,(H,17,18)(H2,15,16,19). The number of hydrogen-bond acceptors (Lipinski definition) is 4. The van der Waals surface area contributed by atoms with Crippen LogP contribution in [0.2, 0.25) is 0 Å². The van der Waals surface area contributed by atoms with E-state index < -0.39 is 17.5 Å². The Balaban J connectivity index is 2.61. The summed E-state index contributed by atoms with van der Waals surface area (Å²) in [5.41, 5.74) is -1.98. The summed E-state index contributed by atoms with van der Waals surface area (Å²) < 4.78 is 10.3. The number of nitrogens with one attached hydrogen (secondary N) is 2. The Morgan fingerprint density at radius 2 is 2.05 bits per heavy atom. The summed E-state index contributed by atoms with van der Waals surface area (Å²) >= 11 is 0. The van der Waals surface area contributed by atoms with Crippen LogP contribution in [0.5, 0.6) is 0 Å². The molecular weight excluding hydrogens is 276 g/mol. The molecule has 0 aliphatic rings. The van der Waals surface area contributed by atoms with Crippen LogP contribution >= 0.6 is 0 Å². The minimum absolute atomic E-state index is 0.155. The van der Waals surface area contributed by atoms with Crippen molar-refractivity contribution in [2.24, 2.45) is 0 Å². The molecule has 7 heteroatoms. The number of furan rings is 1. The van der Waals surface area contributed by atoms with E-state index in [2.05, 4.69) is 10.6 Å². The summed E-state index contributed by atoms with van der Waals surface area (Å²) in [6.07, 6.45) is 1.96. The minimum Gasteiger partial charge on any atom is -0.479 e. The van der Waals surface area contributed by atoms with Gasteiger partial charge in [-0.15, -0.1) is 0 Å². The fourth-order valence-electron chi connectivity index (χ4n) is 1.63. The maximum atomic E-state index is 11.9. The molecule has 0 saturated carbocycles. The summed E-state index contributed by atoms with van der Waals surface area (Å²) in [6.45, 7) is 5.53. The Morgan fingerprint density at radius 1 is 1.38 bits per heavy atom. The molecule has 118 valence electrons. The van der Waals surface area contributed by atoms with Gasteiger partial charge in [-0.1, -0.05) is 0 Å². The van der Waals surface area contributed by atoms with E-state index in [0.29, 0.717) is 13.0 Å². The number of ether oxygens (including phenoxy) is 1. The highest BCUT2D eigenvalue weighted by Gasteiger charge is 2.39. The van der Waals surface area contributed by atoms with Gasteiger partial charge in [0.15, 0.2) is 5.54 Å². The molecule has 0 aliphatic carbocycles. The van der Waals surface area contributed by atoms with Crippen molar-refractivity contribution in [2.45, 2.75) is 38.3 Å². The first kappa shape index (κ1) is 17.0. The summed E-state index contributed by atoms with van der Waals surface area (Å²) in [5, 5.41) is 14.3. The van der Waals surface area contributed by atoms with Gasteiger partial charge in [0, 0.05) is 13.7 Å². The average Bonchev–Trinajstić information content (AvgIpc) is 2.92. The van der Waals surface area contributed by atoms with Crippen LogP contribution in [0.4, 0.5) is 4.79 Å².